The van der Waals surface area contributed by atoms with Gasteiger partial charge in [-0.25, -0.2) is 9.79 Å². The summed E-state index contributed by atoms with van der Waals surface area (Å²) in [6.07, 6.45) is 1.92. The highest BCUT2D eigenvalue weighted by Crippen LogP contribution is 2.35. The number of benzene rings is 2. The number of para-hydroxylation sites is 2. The number of allylic oxidation sites excluding steroid dienone is 1. The van der Waals surface area contributed by atoms with Gasteiger partial charge in [0.25, 0.3) is 5.56 Å². The molecule has 1 atom stereocenters. The number of fused-ring (bicyclic) bond motifs is 1. The van der Waals surface area contributed by atoms with E-state index >= 15 is 0 Å². The number of aryl methyl sites for hydroxylation is 1. The van der Waals surface area contributed by atoms with Crippen molar-refractivity contribution < 1.29 is 14.3 Å². The smallest absolute Gasteiger partial charge is 0.338 e. The molecule has 5 rings (SSSR count). The summed E-state index contributed by atoms with van der Waals surface area (Å²) in [7, 11) is 0. The average molecular weight is 542 g/mol. The zero-order valence-electron chi connectivity index (χ0n) is 22.7. The molecule has 7 nitrogen and oxygen atoms in total. The molecule has 0 radical (unpaired) electrons. The molecule has 1 aliphatic rings. The van der Waals surface area contributed by atoms with Crippen molar-refractivity contribution in [2.45, 2.75) is 40.7 Å². The standard InChI is InChI=1S/C31H31N3O4S/c1-6-37-25-16-12-11-15-24(25)28-27(30(36)38-7-2)20(4)32-31-34(28)29(35)26(39-31)18-22-17-19(3)33(21(22)5)23-13-9-8-10-14-23/h8-18,28H,6-7H2,1-5H3/b26-18-/t28-/m0/s1. The molecule has 0 aliphatic carbocycles. The topological polar surface area (TPSA) is 74.8 Å². The minimum atomic E-state index is -0.720. The van der Waals surface area contributed by atoms with E-state index in [-0.39, 0.29) is 12.2 Å². The van der Waals surface area contributed by atoms with Crippen LogP contribution in [0.5, 0.6) is 5.75 Å². The van der Waals surface area contributed by atoms with Crippen LogP contribution in [-0.4, -0.2) is 28.3 Å². The summed E-state index contributed by atoms with van der Waals surface area (Å²) in [6, 6.07) is 19.0. The van der Waals surface area contributed by atoms with E-state index in [9.17, 15) is 9.59 Å². The van der Waals surface area contributed by atoms with Crippen LogP contribution in [0.1, 0.15) is 49.3 Å². The van der Waals surface area contributed by atoms with Crippen LogP contribution in [0.2, 0.25) is 0 Å². The molecule has 0 bridgehead atoms. The number of hydrogen-bond acceptors (Lipinski definition) is 6. The lowest BCUT2D eigenvalue weighted by molar-refractivity contribution is -0.139. The average Bonchev–Trinajstić information content (AvgIpc) is 3.38. The number of carbonyl (C=O) groups excluding carboxylic acids is 1. The Hall–Kier alpha value is -4.17. The van der Waals surface area contributed by atoms with Crippen molar-refractivity contribution in [1.82, 2.24) is 9.13 Å². The molecule has 2 aromatic heterocycles. The second kappa shape index (κ2) is 10.9. The highest BCUT2D eigenvalue weighted by Gasteiger charge is 2.35. The number of carbonyl (C=O) groups is 1. The summed E-state index contributed by atoms with van der Waals surface area (Å²) >= 11 is 1.32. The predicted molar refractivity (Wildman–Crippen MR) is 153 cm³/mol. The van der Waals surface area contributed by atoms with Gasteiger partial charge < -0.3 is 14.0 Å². The van der Waals surface area contributed by atoms with Gasteiger partial charge >= 0.3 is 5.97 Å². The summed E-state index contributed by atoms with van der Waals surface area (Å²) in [4.78, 5) is 32.5. The lowest BCUT2D eigenvalue weighted by Gasteiger charge is -2.26. The van der Waals surface area contributed by atoms with Crippen molar-refractivity contribution in [2.24, 2.45) is 4.99 Å². The van der Waals surface area contributed by atoms with Gasteiger partial charge in [0.15, 0.2) is 4.80 Å². The zero-order valence-corrected chi connectivity index (χ0v) is 23.5. The van der Waals surface area contributed by atoms with Gasteiger partial charge in [0.2, 0.25) is 0 Å². The summed E-state index contributed by atoms with van der Waals surface area (Å²) < 4.78 is 15.6. The number of ether oxygens (including phenoxy) is 2. The van der Waals surface area contributed by atoms with Crippen LogP contribution in [0.25, 0.3) is 11.8 Å². The Morgan fingerprint density at radius 3 is 2.46 bits per heavy atom. The van der Waals surface area contributed by atoms with E-state index in [0.717, 1.165) is 22.6 Å². The Morgan fingerprint density at radius 1 is 1.03 bits per heavy atom. The van der Waals surface area contributed by atoms with Crippen LogP contribution in [0.3, 0.4) is 0 Å². The molecule has 200 valence electrons. The number of hydrogen-bond donors (Lipinski definition) is 0. The zero-order chi connectivity index (χ0) is 27.7. The second-order valence-electron chi connectivity index (χ2n) is 9.27. The van der Waals surface area contributed by atoms with Gasteiger partial charge in [-0.1, -0.05) is 47.7 Å². The quantitative estimate of drug-likeness (QED) is 0.321. The molecule has 8 heteroatoms. The highest BCUT2D eigenvalue weighted by atomic mass is 32.1. The van der Waals surface area contributed by atoms with Crippen LogP contribution in [0.4, 0.5) is 0 Å². The fraction of sp³-hybridized carbons (Fsp3) is 0.258. The van der Waals surface area contributed by atoms with E-state index in [4.69, 9.17) is 14.5 Å². The predicted octanol–water partition coefficient (Wildman–Crippen LogP) is 4.60. The Balaban J connectivity index is 1.72. The van der Waals surface area contributed by atoms with Gasteiger partial charge in [0, 0.05) is 22.6 Å². The van der Waals surface area contributed by atoms with Gasteiger partial charge in [-0.15, -0.1) is 0 Å². The summed E-state index contributed by atoms with van der Waals surface area (Å²) in [5.41, 5.74) is 5.49. The maximum Gasteiger partial charge on any atom is 0.338 e. The summed E-state index contributed by atoms with van der Waals surface area (Å²) in [5.74, 6) is 0.123. The molecule has 0 saturated heterocycles. The lowest BCUT2D eigenvalue weighted by Crippen LogP contribution is -2.40. The van der Waals surface area contributed by atoms with Crippen molar-refractivity contribution in [3.63, 3.8) is 0 Å². The molecule has 3 heterocycles. The van der Waals surface area contributed by atoms with Crippen LogP contribution in [-0.2, 0) is 9.53 Å². The number of esters is 1. The largest absolute Gasteiger partial charge is 0.494 e. The van der Waals surface area contributed by atoms with E-state index in [1.54, 1.807) is 18.4 Å². The molecule has 2 aromatic carbocycles. The third-order valence-electron chi connectivity index (χ3n) is 6.80. The van der Waals surface area contributed by atoms with Crippen molar-refractivity contribution in [2.75, 3.05) is 13.2 Å². The van der Waals surface area contributed by atoms with Crippen LogP contribution in [0, 0.1) is 13.8 Å². The van der Waals surface area contributed by atoms with Crippen LogP contribution < -0.4 is 19.6 Å². The number of rotatable bonds is 7. The van der Waals surface area contributed by atoms with E-state index < -0.39 is 12.0 Å². The molecule has 1 aliphatic heterocycles. The van der Waals surface area contributed by atoms with E-state index in [2.05, 4.69) is 29.7 Å². The SMILES string of the molecule is CCOC(=O)C1=C(C)N=c2s/c(=C\c3cc(C)n(-c4ccccc4)c3C)c(=O)n2[C@H]1c1ccccc1OCC. The molecule has 0 unspecified atom stereocenters. The Morgan fingerprint density at radius 2 is 1.74 bits per heavy atom. The van der Waals surface area contributed by atoms with Crippen molar-refractivity contribution in [3.8, 4) is 11.4 Å². The number of thiazole rings is 1. The molecule has 0 amide bonds. The molecule has 4 aromatic rings. The molecule has 0 fully saturated rings. The van der Waals surface area contributed by atoms with Crippen molar-refractivity contribution >= 4 is 23.4 Å². The van der Waals surface area contributed by atoms with Crippen LogP contribution >= 0.6 is 11.3 Å². The molecular formula is C31H31N3O4S. The first kappa shape index (κ1) is 26.4. The van der Waals surface area contributed by atoms with Gasteiger partial charge in [-0.2, -0.15) is 0 Å². The Labute approximate surface area is 231 Å². The molecule has 0 saturated carbocycles. The van der Waals surface area contributed by atoms with E-state index in [1.807, 2.05) is 62.4 Å². The van der Waals surface area contributed by atoms with E-state index in [1.165, 1.54) is 11.3 Å². The monoisotopic (exact) mass is 541 g/mol. The minimum absolute atomic E-state index is 0.214. The first-order valence-corrected chi connectivity index (χ1v) is 13.8. The third-order valence-corrected chi connectivity index (χ3v) is 7.78. The van der Waals surface area contributed by atoms with Crippen molar-refractivity contribution in [1.29, 1.82) is 0 Å². The van der Waals surface area contributed by atoms with E-state index in [0.29, 0.717) is 38.5 Å². The maximum absolute atomic E-state index is 14.0. The van der Waals surface area contributed by atoms with Gasteiger partial charge in [-0.05, 0) is 70.5 Å². The lowest BCUT2D eigenvalue weighted by atomic mass is 9.95. The normalized spacial score (nSPS) is 15.2. The van der Waals surface area contributed by atoms with Crippen LogP contribution in [0.15, 0.2) is 81.7 Å². The first-order valence-electron chi connectivity index (χ1n) is 13.0. The second-order valence-corrected chi connectivity index (χ2v) is 10.3. The highest BCUT2D eigenvalue weighted by molar-refractivity contribution is 7.07. The number of nitrogens with zero attached hydrogens (tertiary/aromatic N) is 3. The summed E-state index contributed by atoms with van der Waals surface area (Å²) in [5, 5.41) is 0. The van der Waals surface area contributed by atoms with Crippen molar-refractivity contribution in [3.05, 3.63) is 114 Å². The first-order chi connectivity index (χ1) is 18.8. The number of aromatic nitrogens is 2. The molecule has 39 heavy (non-hydrogen) atoms. The Kier molecular flexibility index (Phi) is 7.39. The molecular weight excluding hydrogens is 510 g/mol. The fourth-order valence-electron chi connectivity index (χ4n) is 5.13. The third kappa shape index (κ3) is 4.76. The molecule has 0 spiro atoms. The van der Waals surface area contributed by atoms with Gasteiger partial charge in [-0.3, -0.25) is 9.36 Å². The summed E-state index contributed by atoms with van der Waals surface area (Å²) in [6.45, 7) is 10.2. The maximum atomic E-state index is 14.0. The Bertz CT molecular complexity index is 1760. The van der Waals surface area contributed by atoms with Gasteiger partial charge in [0.05, 0.1) is 29.0 Å². The van der Waals surface area contributed by atoms with Gasteiger partial charge in [0.1, 0.15) is 11.8 Å². The minimum Gasteiger partial charge on any atom is -0.494 e. The molecule has 0 N–H and O–H groups in total. The fourth-order valence-corrected chi connectivity index (χ4v) is 6.17.